The fourth-order valence-corrected chi connectivity index (χ4v) is 4.48. The molecule has 6 heteroatoms. The van der Waals surface area contributed by atoms with Crippen molar-refractivity contribution in [1.82, 2.24) is 4.31 Å². The summed E-state index contributed by atoms with van der Waals surface area (Å²) in [5.41, 5.74) is 1.77. The van der Waals surface area contributed by atoms with Gasteiger partial charge < -0.3 is 4.74 Å². The highest BCUT2D eigenvalue weighted by Gasteiger charge is 2.29. The fourth-order valence-electron chi connectivity index (χ4n) is 2.92. The Labute approximate surface area is 148 Å². The second-order valence-corrected chi connectivity index (χ2v) is 8.38. The second kappa shape index (κ2) is 7.54. The van der Waals surface area contributed by atoms with Gasteiger partial charge in [-0.1, -0.05) is 29.8 Å². The highest BCUT2D eigenvalue weighted by atomic mass is 32.2. The van der Waals surface area contributed by atoms with E-state index in [0.717, 1.165) is 5.75 Å². The van der Waals surface area contributed by atoms with Crippen LogP contribution in [0, 0.1) is 12.7 Å². The molecule has 0 atom stereocenters. The molecule has 1 fully saturated rings. The van der Waals surface area contributed by atoms with E-state index < -0.39 is 10.0 Å². The Morgan fingerprint density at radius 3 is 2.24 bits per heavy atom. The molecule has 0 unspecified atom stereocenters. The minimum atomic E-state index is -3.40. The van der Waals surface area contributed by atoms with Crippen LogP contribution < -0.4 is 4.74 Å². The number of piperidine rings is 1. The number of aryl methyl sites for hydroxylation is 1. The molecule has 2 aromatic carbocycles. The molecule has 25 heavy (non-hydrogen) atoms. The third kappa shape index (κ3) is 4.80. The summed E-state index contributed by atoms with van der Waals surface area (Å²) in [5, 5.41) is 0. The summed E-state index contributed by atoms with van der Waals surface area (Å²) in [4.78, 5) is 0. The number of sulfonamides is 1. The van der Waals surface area contributed by atoms with E-state index in [1.54, 1.807) is 0 Å². The van der Waals surface area contributed by atoms with Gasteiger partial charge in [0.2, 0.25) is 10.0 Å². The summed E-state index contributed by atoms with van der Waals surface area (Å²) < 4.78 is 45.5. The van der Waals surface area contributed by atoms with E-state index in [-0.39, 0.29) is 17.7 Å². The third-order valence-electron chi connectivity index (χ3n) is 4.38. The number of hydrogen-bond donors (Lipinski definition) is 0. The van der Waals surface area contributed by atoms with Crippen LogP contribution in [-0.2, 0) is 15.8 Å². The molecule has 1 aliphatic heterocycles. The number of rotatable bonds is 5. The Balaban J connectivity index is 1.55. The van der Waals surface area contributed by atoms with Gasteiger partial charge in [-0.15, -0.1) is 0 Å². The fraction of sp³-hybridized carbons (Fsp3) is 0.368. The predicted octanol–water partition coefficient (Wildman–Crippen LogP) is 3.51. The Bertz CT molecular complexity index is 796. The normalized spacial score (nSPS) is 16.7. The summed E-state index contributed by atoms with van der Waals surface area (Å²) in [7, 11) is -3.40. The molecule has 3 rings (SSSR count). The van der Waals surface area contributed by atoms with Gasteiger partial charge in [-0.3, -0.25) is 0 Å². The number of benzene rings is 2. The van der Waals surface area contributed by atoms with Gasteiger partial charge in [0.25, 0.3) is 0 Å². The molecule has 1 saturated heterocycles. The van der Waals surface area contributed by atoms with Crippen LogP contribution in [0.4, 0.5) is 4.39 Å². The minimum absolute atomic E-state index is 0.0278. The lowest BCUT2D eigenvalue weighted by molar-refractivity contribution is 0.135. The number of nitrogens with zero attached hydrogens (tertiary/aromatic N) is 1. The van der Waals surface area contributed by atoms with E-state index in [1.165, 1.54) is 34.1 Å². The Morgan fingerprint density at radius 1 is 1.04 bits per heavy atom. The van der Waals surface area contributed by atoms with Crippen LogP contribution in [0.1, 0.15) is 24.0 Å². The monoisotopic (exact) mass is 363 g/mol. The molecule has 4 nitrogen and oxygen atoms in total. The SMILES string of the molecule is Cc1ccc(OC2CCN(S(=O)(=O)Cc3ccc(F)cc3)CC2)cc1. The van der Waals surface area contributed by atoms with Crippen molar-refractivity contribution < 1.29 is 17.5 Å². The van der Waals surface area contributed by atoms with Gasteiger partial charge in [0.05, 0.1) is 5.75 Å². The van der Waals surface area contributed by atoms with Crippen LogP contribution in [0.5, 0.6) is 5.75 Å². The Morgan fingerprint density at radius 2 is 1.64 bits per heavy atom. The molecule has 1 heterocycles. The van der Waals surface area contributed by atoms with Crippen molar-refractivity contribution in [2.24, 2.45) is 0 Å². The largest absolute Gasteiger partial charge is 0.490 e. The van der Waals surface area contributed by atoms with Crippen molar-refractivity contribution in [3.8, 4) is 5.75 Å². The zero-order chi connectivity index (χ0) is 17.9. The van der Waals surface area contributed by atoms with E-state index in [2.05, 4.69) is 0 Å². The van der Waals surface area contributed by atoms with Crippen LogP contribution in [-0.4, -0.2) is 31.9 Å². The third-order valence-corrected chi connectivity index (χ3v) is 6.23. The standard InChI is InChI=1S/C19H22FNO3S/c1-15-2-8-18(9-3-15)24-19-10-12-21(13-11-19)25(22,23)14-16-4-6-17(20)7-5-16/h2-9,19H,10-14H2,1H3. The summed E-state index contributed by atoms with van der Waals surface area (Å²) in [6.07, 6.45) is 1.35. The van der Waals surface area contributed by atoms with Crippen molar-refractivity contribution in [3.63, 3.8) is 0 Å². The highest BCUT2D eigenvalue weighted by Crippen LogP contribution is 2.22. The smallest absolute Gasteiger partial charge is 0.218 e. The van der Waals surface area contributed by atoms with Crippen LogP contribution in [0.3, 0.4) is 0 Å². The maximum absolute atomic E-state index is 12.9. The molecule has 0 bridgehead atoms. The van der Waals surface area contributed by atoms with Gasteiger partial charge in [-0.05, 0) is 49.6 Å². The van der Waals surface area contributed by atoms with E-state index >= 15 is 0 Å². The first-order valence-corrected chi connectivity index (χ1v) is 9.99. The minimum Gasteiger partial charge on any atom is -0.490 e. The first kappa shape index (κ1) is 17.9. The molecule has 2 aromatic rings. The Kier molecular flexibility index (Phi) is 5.39. The molecule has 0 aliphatic carbocycles. The van der Waals surface area contributed by atoms with E-state index in [1.807, 2.05) is 31.2 Å². The van der Waals surface area contributed by atoms with Crippen molar-refractivity contribution in [2.45, 2.75) is 31.6 Å². The van der Waals surface area contributed by atoms with Crippen LogP contribution in [0.15, 0.2) is 48.5 Å². The average molecular weight is 363 g/mol. The highest BCUT2D eigenvalue weighted by molar-refractivity contribution is 7.88. The molecule has 1 aliphatic rings. The van der Waals surface area contributed by atoms with E-state index in [0.29, 0.717) is 31.5 Å². The van der Waals surface area contributed by atoms with Crippen molar-refractivity contribution in [2.75, 3.05) is 13.1 Å². The van der Waals surface area contributed by atoms with Gasteiger partial charge in [0.15, 0.2) is 0 Å². The van der Waals surface area contributed by atoms with Crippen LogP contribution in [0.2, 0.25) is 0 Å². The summed E-state index contributed by atoms with van der Waals surface area (Å²) in [6.45, 7) is 2.91. The van der Waals surface area contributed by atoms with Crippen LogP contribution in [0.25, 0.3) is 0 Å². The first-order valence-electron chi connectivity index (χ1n) is 8.38. The summed E-state index contributed by atoms with van der Waals surface area (Å²) >= 11 is 0. The first-order chi connectivity index (χ1) is 11.9. The van der Waals surface area contributed by atoms with Gasteiger partial charge >= 0.3 is 0 Å². The molecule has 0 radical (unpaired) electrons. The lowest BCUT2D eigenvalue weighted by atomic mass is 10.1. The number of hydrogen-bond acceptors (Lipinski definition) is 3. The van der Waals surface area contributed by atoms with Gasteiger partial charge in [0.1, 0.15) is 17.7 Å². The zero-order valence-corrected chi connectivity index (χ0v) is 15.0. The van der Waals surface area contributed by atoms with Gasteiger partial charge in [-0.2, -0.15) is 0 Å². The Hall–Kier alpha value is -1.92. The molecule has 134 valence electrons. The number of halogens is 1. The quantitative estimate of drug-likeness (QED) is 0.817. The van der Waals surface area contributed by atoms with Crippen molar-refractivity contribution in [1.29, 1.82) is 0 Å². The molecule has 0 spiro atoms. The number of ether oxygens (including phenoxy) is 1. The molecule has 0 aromatic heterocycles. The zero-order valence-electron chi connectivity index (χ0n) is 14.2. The van der Waals surface area contributed by atoms with Crippen LogP contribution >= 0.6 is 0 Å². The molecular formula is C19H22FNO3S. The van der Waals surface area contributed by atoms with Gasteiger partial charge in [0, 0.05) is 13.1 Å². The van der Waals surface area contributed by atoms with E-state index in [9.17, 15) is 12.8 Å². The van der Waals surface area contributed by atoms with Gasteiger partial charge in [-0.25, -0.2) is 17.1 Å². The predicted molar refractivity (Wildman–Crippen MR) is 95.4 cm³/mol. The topological polar surface area (TPSA) is 46.6 Å². The summed E-state index contributed by atoms with van der Waals surface area (Å²) in [6, 6.07) is 13.5. The molecule has 0 N–H and O–H groups in total. The molecule has 0 amide bonds. The van der Waals surface area contributed by atoms with Crippen molar-refractivity contribution >= 4 is 10.0 Å². The maximum Gasteiger partial charge on any atom is 0.218 e. The van der Waals surface area contributed by atoms with E-state index in [4.69, 9.17) is 4.74 Å². The van der Waals surface area contributed by atoms with Crippen molar-refractivity contribution in [3.05, 3.63) is 65.5 Å². The molecule has 0 saturated carbocycles. The summed E-state index contributed by atoms with van der Waals surface area (Å²) in [5.74, 6) is 0.352. The lowest BCUT2D eigenvalue weighted by Crippen LogP contribution is -2.42. The maximum atomic E-state index is 12.9. The second-order valence-electron chi connectivity index (χ2n) is 6.41. The lowest BCUT2D eigenvalue weighted by Gasteiger charge is -2.31. The molecular weight excluding hydrogens is 341 g/mol. The average Bonchev–Trinajstić information content (AvgIpc) is 2.59.